The van der Waals surface area contributed by atoms with Crippen molar-refractivity contribution in [2.45, 2.75) is 353 Å². The van der Waals surface area contributed by atoms with Gasteiger partial charge in [0, 0.05) is 12.8 Å². The van der Waals surface area contributed by atoms with Crippen molar-refractivity contribution in [2.75, 3.05) is 13.2 Å². The minimum Gasteiger partial charge on any atom is -0.466 e. The molecule has 0 bridgehead atoms. The van der Waals surface area contributed by atoms with Crippen molar-refractivity contribution in [3.05, 3.63) is 48.6 Å². The lowest BCUT2D eigenvalue weighted by Crippen LogP contribution is -2.45. The molecule has 0 aliphatic rings. The van der Waals surface area contributed by atoms with Crippen molar-refractivity contribution in [3.63, 3.8) is 0 Å². The van der Waals surface area contributed by atoms with Crippen LogP contribution in [0, 0.1) is 0 Å². The summed E-state index contributed by atoms with van der Waals surface area (Å²) in [4.78, 5) is 24.5. The Morgan fingerprint density at radius 3 is 1.11 bits per heavy atom. The third-order valence-electron chi connectivity index (χ3n) is 14.8. The molecule has 0 radical (unpaired) electrons. The van der Waals surface area contributed by atoms with Gasteiger partial charge in [0.2, 0.25) is 5.91 Å². The van der Waals surface area contributed by atoms with Crippen LogP contribution < -0.4 is 5.32 Å². The molecule has 73 heavy (non-hydrogen) atoms. The Bertz CT molecular complexity index is 1230. The highest BCUT2D eigenvalue weighted by atomic mass is 16.5. The Hall–Kier alpha value is -2.18. The number of aliphatic hydroxyl groups is 2. The highest BCUT2D eigenvalue weighted by Crippen LogP contribution is 2.17. The Labute approximate surface area is 455 Å². The largest absolute Gasteiger partial charge is 0.466 e. The van der Waals surface area contributed by atoms with E-state index >= 15 is 0 Å². The molecule has 0 heterocycles. The molecule has 0 rings (SSSR count). The second-order valence-corrected chi connectivity index (χ2v) is 22.1. The van der Waals surface area contributed by atoms with Crippen molar-refractivity contribution < 1.29 is 24.5 Å². The Morgan fingerprint density at radius 1 is 0.384 bits per heavy atom. The summed E-state index contributed by atoms with van der Waals surface area (Å²) in [6, 6.07) is -0.625. The summed E-state index contributed by atoms with van der Waals surface area (Å²) in [6.45, 7) is 4.83. The lowest BCUT2D eigenvalue weighted by Gasteiger charge is -2.20. The molecule has 428 valence electrons. The number of hydrogen-bond acceptors (Lipinski definition) is 5. The van der Waals surface area contributed by atoms with Crippen molar-refractivity contribution >= 4 is 11.9 Å². The maximum atomic E-state index is 12.4. The fourth-order valence-corrected chi connectivity index (χ4v) is 9.84. The van der Waals surface area contributed by atoms with Gasteiger partial charge in [0.25, 0.3) is 0 Å². The van der Waals surface area contributed by atoms with Crippen LogP contribution in [0.5, 0.6) is 0 Å². The number of nitrogens with one attached hydrogen (secondary N) is 1. The molecule has 0 aromatic carbocycles. The van der Waals surface area contributed by atoms with Crippen molar-refractivity contribution in [3.8, 4) is 0 Å². The summed E-state index contributed by atoms with van der Waals surface area (Å²) < 4.78 is 5.47. The fourth-order valence-electron chi connectivity index (χ4n) is 9.84. The summed E-state index contributed by atoms with van der Waals surface area (Å²) >= 11 is 0. The molecule has 1 amide bonds. The Balaban J connectivity index is 3.36. The zero-order chi connectivity index (χ0) is 52.9. The van der Waals surface area contributed by atoms with Crippen LogP contribution in [0.1, 0.15) is 341 Å². The van der Waals surface area contributed by atoms with Gasteiger partial charge in [0.15, 0.2) is 0 Å². The predicted molar refractivity (Wildman–Crippen MR) is 319 cm³/mol. The third kappa shape index (κ3) is 58.9. The molecule has 0 fully saturated rings. The first-order chi connectivity index (χ1) is 36.0. The van der Waals surface area contributed by atoms with E-state index in [4.69, 9.17) is 4.74 Å². The van der Waals surface area contributed by atoms with E-state index in [2.05, 4.69) is 55.6 Å². The minimum atomic E-state index is -0.841. The number of aliphatic hydroxyl groups excluding tert-OH is 2. The number of carbonyl (C=O) groups excluding carboxylic acids is 2. The molecule has 2 unspecified atom stereocenters. The molecule has 0 aliphatic carbocycles. The van der Waals surface area contributed by atoms with Crippen molar-refractivity contribution in [1.82, 2.24) is 5.32 Å². The van der Waals surface area contributed by atoms with E-state index in [0.29, 0.717) is 19.4 Å². The van der Waals surface area contributed by atoms with Gasteiger partial charge in [0.05, 0.1) is 25.4 Å². The maximum absolute atomic E-state index is 12.4. The normalized spacial score (nSPS) is 12.9. The van der Waals surface area contributed by atoms with E-state index in [1.165, 1.54) is 263 Å². The first-order valence-corrected chi connectivity index (χ1v) is 32.4. The van der Waals surface area contributed by atoms with Crippen LogP contribution in [0.15, 0.2) is 48.6 Å². The second kappa shape index (κ2) is 62.4. The zero-order valence-corrected chi connectivity index (χ0v) is 48.9. The van der Waals surface area contributed by atoms with E-state index in [0.717, 1.165) is 51.4 Å². The van der Waals surface area contributed by atoms with Crippen LogP contribution in [-0.2, 0) is 14.3 Å². The minimum absolute atomic E-state index is 0.00216. The van der Waals surface area contributed by atoms with Crippen molar-refractivity contribution in [1.29, 1.82) is 0 Å². The van der Waals surface area contributed by atoms with Gasteiger partial charge in [-0.25, -0.2) is 0 Å². The number of rotatable bonds is 60. The highest BCUT2D eigenvalue weighted by Gasteiger charge is 2.18. The van der Waals surface area contributed by atoms with Gasteiger partial charge in [0.1, 0.15) is 0 Å². The van der Waals surface area contributed by atoms with Crippen LogP contribution in [-0.4, -0.2) is 47.4 Å². The average molecular weight is 1020 g/mol. The number of amides is 1. The molecule has 0 aromatic heterocycles. The molecular formula is C67H125NO5. The quantitative estimate of drug-likeness (QED) is 0.0320. The van der Waals surface area contributed by atoms with Gasteiger partial charge in [-0.3, -0.25) is 9.59 Å². The molecule has 6 nitrogen and oxygen atoms in total. The second-order valence-electron chi connectivity index (χ2n) is 22.1. The van der Waals surface area contributed by atoms with Gasteiger partial charge in [-0.2, -0.15) is 0 Å². The zero-order valence-electron chi connectivity index (χ0n) is 48.9. The SMILES string of the molecule is CCC/C=C\C/C=C\CCCCCCCC(=O)OCCCCCCCCCCCCCC/C=C\CCCCCCCCCCCCCCCCCCC(=O)NC(CO)C(O)/C=C/CCCCCCCCCCC. The highest BCUT2D eigenvalue weighted by molar-refractivity contribution is 5.76. The predicted octanol–water partition coefficient (Wildman–Crippen LogP) is 20.5. The third-order valence-corrected chi connectivity index (χ3v) is 14.8. The molecule has 0 aliphatic heterocycles. The molecule has 0 saturated carbocycles. The first-order valence-electron chi connectivity index (χ1n) is 32.4. The molecular weight excluding hydrogens is 899 g/mol. The van der Waals surface area contributed by atoms with E-state index in [1.807, 2.05) is 6.08 Å². The lowest BCUT2D eigenvalue weighted by atomic mass is 10.0. The van der Waals surface area contributed by atoms with Crippen LogP contribution in [0.25, 0.3) is 0 Å². The van der Waals surface area contributed by atoms with E-state index in [-0.39, 0.29) is 18.5 Å². The van der Waals surface area contributed by atoms with Crippen LogP contribution in [0.2, 0.25) is 0 Å². The topological polar surface area (TPSA) is 95.9 Å². The average Bonchev–Trinajstić information content (AvgIpc) is 3.39. The number of unbranched alkanes of at least 4 members (excludes halogenated alkanes) is 43. The smallest absolute Gasteiger partial charge is 0.305 e. The Kier molecular flexibility index (Phi) is 60.5. The van der Waals surface area contributed by atoms with E-state index < -0.39 is 12.1 Å². The number of ether oxygens (including phenoxy) is 1. The monoisotopic (exact) mass is 1020 g/mol. The molecule has 0 spiro atoms. The van der Waals surface area contributed by atoms with Gasteiger partial charge in [-0.05, 0) is 83.5 Å². The molecule has 0 saturated heterocycles. The lowest BCUT2D eigenvalue weighted by molar-refractivity contribution is -0.143. The molecule has 6 heteroatoms. The van der Waals surface area contributed by atoms with Gasteiger partial charge < -0.3 is 20.3 Å². The maximum Gasteiger partial charge on any atom is 0.305 e. The summed E-state index contributed by atoms with van der Waals surface area (Å²) in [5.41, 5.74) is 0. The van der Waals surface area contributed by atoms with Crippen LogP contribution >= 0.6 is 0 Å². The number of allylic oxidation sites excluding steroid dienone is 7. The summed E-state index contributed by atoms with van der Waals surface area (Å²) in [6.07, 6.45) is 80.4. The number of esters is 1. The number of hydrogen-bond donors (Lipinski definition) is 3. The summed E-state index contributed by atoms with van der Waals surface area (Å²) in [5, 5.41) is 23.0. The van der Waals surface area contributed by atoms with Gasteiger partial charge >= 0.3 is 5.97 Å². The van der Waals surface area contributed by atoms with E-state index in [1.54, 1.807) is 6.08 Å². The van der Waals surface area contributed by atoms with Crippen LogP contribution in [0.4, 0.5) is 0 Å². The fraction of sp³-hybridized carbons (Fsp3) is 0.851. The van der Waals surface area contributed by atoms with Crippen LogP contribution in [0.3, 0.4) is 0 Å². The molecule has 3 N–H and O–H groups in total. The van der Waals surface area contributed by atoms with Crippen molar-refractivity contribution in [2.24, 2.45) is 0 Å². The van der Waals surface area contributed by atoms with E-state index in [9.17, 15) is 19.8 Å². The molecule has 2 atom stereocenters. The summed E-state index contributed by atoms with van der Waals surface area (Å²) in [5.74, 6) is -0.0640. The standard InChI is InChI=1S/C67H125NO5/c1-3-5-7-9-11-13-15-36-41-45-49-53-57-61-67(72)73-62-58-54-50-46-42-38-35-33-31-29-27-25-23-21-19-17-16-18-20-22-24-26-28-30-32-34-37-40-44-48-52-56-60-66(71)68-64(63-69)65(70)59-55-51-47-43-39-14-12-10-8-6-4-2/h7,9,13,15,19,21,55,59,64-65,69-70H,3-6,8,10-12,14,16-18,20,22-54,56-58,60-63H2,1-2H3,(H,68,71)/b9-7-,15-13-,21-19-,59-55+. The molecule has 0 aromatic rings. The number of carbonyl (C=O) groups is 2. The first kappa shape index (κ1) is 70.8. The van der Waals surface area contributed by atoms with Gasteiger partial charge in [-0.1, -0.05) is 294 Å². The van der Waals surface area contributed by atoms with Gasteiger partial charge in [-0.15, -0.1) is 0 Å². The Morgan fingerprint density at radius 2 is 0.712 bits per heavy atom. The summed E-state index contributed by atoms with van der Waals surface area (Å²) in [7, 11) is 0.